The summed E-state index contributed by atoms with van der Waals surface area (Å²) < 4.78 is 0. The number of carbonyl (C=O) groups is 1. The first-order valence-electron chi connectivity index (χ1n) is 4.25. The zero-order chi connectivity index (χ0) is 9.68. The quantitative estimate of drug-likeness (QED) is 0.752. The van der Waals surface area contributed by atoms with Gasteiger partial charge in [0.05, 0.1) is 0 Å². The van der Waals surface area contributed by atoms with Gasteiger partial charge in [0.15, 0.2) is 0 Å². The summed E-state index contributed by atoms with van der Waals surface area (Å²) in [6.45, 7) is 2.05. The third-order valence-electron chi connectivity index (χ3n) is 1.58. The van der Waals surface area contributed by atoms with Crippen molar-refractivity contribution in [2.24, 2.45) is 0 Å². The average molecular weight is 180 g/mol. The van der Waals surface area contributed by atoms with E-state index in [9.17, 15) is 4.79 Å². The minimum Gasteiger partial charge on any atom is -0.481 e. The molecule has 1 heterocycles. The first kappa shape index (κ1) is 9.64. The Morgan fingerprint density at radius 1 is 1.62 bits per heavy atom. The summed E-state index contributed by atoms with van der Waals surface area (Å²) in [6, 6.07) is 1.81. The molecule has 1 rings (SSSR count). The van der Waals surface area contributed by atoms with Crippen LogP contribution in [0.1, 0.15) is 24.9 Å². The van der Waals surface area contributed by atoms with E-state index in [1.54, 1.807) is 6.20 Å². The lowest BCUT2D eigenvalue weighted by molar-refractivity contribution is -0.136. The number of carboxylic acid groups (broad SMARTS) is 1. The molecule has 70 valence electrons. The standard InChI is InChI=1S/C9H12N2O2/c1-2-3-7-4-5-10-8(11-7)6-9(12)13/h4-5H,2-3,6H2,1H3,(H,12,13). The van der Waals surface area contributed by atoms with Crippen LogP contribution in [0.5, 0.6) is 0 Å². The van der Waals surface area contributed by atoms with Gasteiger partial charge in [-0.2, -0.15) is 0 Å². The van der Waals surface area contributed by atoms with E-state index in [1.165, 1.54) is 0 Å². The number of carboxylic acids is 1. The number of aryl methyl sites for hydroxylation is 1. The van der Waals surface area contributed by atoms with Gasteiger partial charge >= 0.3 is 5.97 Å². The molecule has 0 aliphatic heterocycles. The van der Waals surface area contributed by atoms with Crippen molar-refractivity contribution in [2.45, 2.75) is 26.2 Å². The van der Waals surface area contributed by atoms with E-state index < -0.39 is 5.97 Å². The van der Waals surface area contributed by atoms with Gasteiger partial charge in [-0.25, -0.2) is 9.97 Å². The van der Waals surface area contributed by atoms with E-state index >= 15 is 0 Å². The van der Waals surface area contributed by atoms with Crippen molar-refractivity contribution < 1.29 is 9.90 Å². The van der Waals surface area contributed by atoms with Gasteiger partial charge < -0.3 is 5.11 Å². The molecule has 0 fully saturated rings. The van der Waals surface area contributed by atoms with Crippen molar-refractivity contribution in [3.63, 3.8) is 0 Å². The second-order valence-electron chi connectivity index (χ2n) is 2.78. The minimum atomic E-state index is -0.895. The Balaban J connectivity index is 2.73. The Hall–Kier alpha value is -1.45. The van der Waals surface area contributed by atoms with Gasteiger partial charge in [0.25, 0.3) is 0 Å². The fourth-order valence-corrected chi connectivity index (χ4v) is 1.06. The molecule has 1 N–H and O–H groups in total. The van der Waals surface area contributed by atoms with Crippen LogP contribution in [0, 0.1) is 0 Å². The maximum absolute atomic E-state index is 10.4. The van der Waals surface area contributed by atoms with Crippen LogP contribution < -0.4 is 0 Å². The SMILES string of the molecule is CCCc1ccnc(CC(=O)O)n1. The van der Waals surface area contributed by atoms with Crippen LogP contribution in [0.4, 0.5) is 0 Å². The normalized spacial score (nSPS) is 9.92. The number of hydrogen-bond donors (Lipinski definition) is 1. The fourth-order valence-electron chi connectivity index (χ4n) is 1.06. The van der Waals surface area contributed by atoms with Crippen molar-refractivity contribution in [3.05, 3.63) is 23.8 Å². The highest BCUT2D eigenvalue weighted by Crippen LogP contribution is 1.99. The summed E-state index contributed by atoms with van der Waals surface area (Å²) >= 11 is 0. The predicted octanol–water partition coefficient (Wildman–Crippen LogP) is 1.06. The molecule has 1 aromatic rings. The van der Waals surface area contributed by atoms with Crippen LogP contribution in [0.25, 0.3) is 0 Å². The third-order valence-corrected chi connectivity index (χ3v) is 1.58. The highest BCUT2D eigenvalue weighted by Gasteiger charge is 2.03. The molecule has 1 aromatic heterocycles. The number of aliphatic carboxylic acids is 1. The summed E-state index contributed by atoms with van der Waals surface area (Å²) in [4.78, 5) is 18.3. The molecule has 0 amide bonds. The molecule has 4 nitrogen and oxygen atoms in total. The smallest absolute Gasteiger partial charge is 0.311 e. The van der Waals surface area contributed by atoms with Crippen LogP contribution in [0.15, 0.2) is 12.3 Å². The van der Waals surface area contributed by atoms with Crippen LogP contribution in [0.2, 0.25) is 0 Å². The minimum absolute atomic E-state index is 0.0996. The van der Waals surface area contributed by atoms with E-state index in [1.807, 2.05) is 6.07 Å². The number of aromatic nitrogens is 2. The lowest BCUT2D eigenvalue weighted by Crippen LogP contribution is -2.06. The number of nitrogens with zero attached hydrogens (tertiary/aromatic N) is 2. The highest BCUT2D eigenvalue weighted by molar-refractivity contribution is 5.68. The lowest BCUT2D eigenvalue weighted by atomic mass is 10.2. The van der Waals surface area contributed by atoms with Crippen molar-refractivity contribution in [2.75, 3.05) is 0 Å². The predicted molar refractivity (Wildman–Crippen MR) is 47.4 cm³/mol. The Bertz CT molecular complexity index is 299. The zero-order valence-corrected chi connectivity index (χ0v) is 7.53. The average Bonchev–Trinajstić information content (AvgIpc) is 2.04. The molecule has 0 unspecified atom stereocenters. The van der Waals surface area contributed by atoms with Gasteiger partial charge in [-0.1, -0.05) is 13.3 Å². The highest BCUT2D eigenvalue weighted by atomic mass is 16.4. The molecule has 0 atom stereocenters. The zero-order valence-electron chi connectivity index (χ0n) is 7.53. The molecule has 4 heteroatoms. The van der Waals surface area contributed by atoms with Gasteiger partial charge in [-0.15, -0.1) is 0 Å². The lowest BCUT2D eigenvalue weighted by Gasteiger charge is -1.99. The summed E-state index contributed by atoms with van der Waals surface area (Å²) in [5.41, 5.74) is 0.911. The molecular weight excluding hydrogens is 168 g/mol. The Labute approximate surface area is 76.7 Å². The van der Waals surface area contributed by atoms with Crippen molar-refractivity contribution >= 4 is 5.97 Å². The molecule has 0 aromatic carbocycles. The second-order valence-corrected chi connectivity index (χ2v) is 2.78. The van der Waals surface area contributed by atoms with Gasteiger partial charge in [0.1, 0.15) is 12.2 Å². The van der Waals surface area contributed by atoms with E-state index in [2.05, 4.69) is 16.9 Å². The van der Waals surface area contributed by atoms with E-state index in [0.717, 1.165) is 18.5 Å². The summed E-state index contributed by atoms with van der Waals surface area (Å²) in [6.07, 6.45) is 3.38. The summed E-state index contributed by atoms with van der Waals surface area (Å²) in [5.74, 6) is -0.507. The molecule has 0 aliphatic rings. The van der Waals surface area contributed by atoms with Crippen molar-refractivity contribution in [1.82, 2.24) is 9.97 Å². The van der Waals surface area contributed by atoms with E-state index in [4.69, 9.17) is 5.11 Å². The van der Waals surface area contributed by atoms with Crippen LogP contribution in [0.3, 0.4) is 0 Å². The van der Waals surface area contributed by atoms with Gasteiger partial charge in [-0.05, 0) is 12.5 Å². The van der Waals surface area contributed by atoms with Crippen molar-refractivity contribution in [3.8, 4) is 0 Å². The van der Waals surface area contributed by atoms with Gasteiger partial charge in [-0.3, -0.25) is 4.79 Å². The fraction of sp³-hybridized carbons (Fsp3) is 0.444. The number of rotatable bonds is 4. The molecule has 0 saturated heterocycles. The molecule has 0 bridgehead atoms. The molecular formula is C9H12N2O2. The molecule has 0 radical (unpaired) electrons. The topological polar surface area (TPSA) is 63.1 Å². The summed E-state index contributed by atoms with van der Waals surface area (Å²) in [7, 11) is 0. The van der Waals surface area contributed by atoms with E-state index in [-0.39, 0.29) is 6.42 Å². The molecule has 0 aliphatic carbocycles. The Morgan fingerprint density at radius 3 is 3.00 bits per heavy atom. The third kappa shape index (κ3) is 3.19. The molecule has 0 saturated carbocycles. The van der Waals surface area contributed by atoms with Gasteiger partial charge in [0.2, 0.25) is 0 Å². The Morgan fingerprint density at radius 2 is 2.38 bits per heavy atom. The maximum Gasteiger partial charge on any atom is 0.311 e. The van der Waals surface area contributed by atoms with Crippen molar-refractivity contribution in [1.29, 1.82) is 0 Å². The first-order chi connectivity index (χ1) is 6.22. The maximum atomic E-state index is 10.4. The monoisotopic (exact) mass is 180 g/mol. The Kier molecular flexibility index (Phi) is 3.37. The van der Waals surface area contributed by atoms with Crippen LogP contribution in [-0.4, -0.2) is 21.0 Å². The summed E-state index contributed by atoms with van der Waals surface area (Å²) in [5, 5.41) is 8.51. The van der Waals surface area contributed by atoms with Gasteiger partial charge in [0, 0.05) is 11.9 Å². The largest absolute Gasteiger partial charge is 0.481 e. The first-order valence-corrected chi connectivity index (χ1v) is 4.25. The molecule has 0 spiro atoms. The molecule has 13 heavy (non-hydrogen) atoms. The van der Waals surface area contributed by atoms with E-state index in [0.29, 0.717) is 5.82 Å². The number of hydrogen-bond acceptors (Lipinski definition) is 3. The van der Waals surface area contributed by atoms with Crippen LogP contribution in [-0.2, 0) is 17.6 Å². The van der Waals surface area contributed by atoms with Crippen LogP contribution >= 0.6 is 0 Å². The second kappa shape index (κ2) is 4.54.